The highest BCUT2D eigenvalue weighted by molar-refractivity contribution is 14.1. The lowest BCUT2D eigenvalue weighted by molar-refractivity contribution is 0.0552. The maximum atomic E-state index is 13.6. The third-order valence-corrected chi connectivity index (χ3v) is 6.18. The van der Waals surface area contributed by atoms with Crippen LogP contribution in [0.4, 0.5) is 0 Å². The number of rotatable bonds is 4. The minimum absolute atomic E-state index is 0.0156. The maximum absolute atomic E-state index is 13.6. The lowest BCUT2D eigenvalue weighted by atomic mass is 9.81. The summed E-state index contributed by atoms with van der Waals surface area (Å²) in [6.45, 7) is 4.81. The van der Waals surface area contributed by atoms with Gasteiger partial charge in [-0.3, -0.25) is 4.79 Å². The Kier molecular flexibility index (Phi) is 5.03. The Labute approximate surface area is 194 Å². The van der Waals surface area contributed by atoms with Crippen LogP contribution in [-0.4, -0.2) is 42.2 Å². The van der Waals surface area contributed by atoms with Gasteiger partial charge in [0.25, 0.3) is 0 Å². The third kappa shape index (κ3) is 3.43. The van der Waals surface area contributed by atoms with E-state index in [1.165, 1.54) is 0 Å². The Balaban J connectivity index is 1.57. The number of hydrogen-bond acceptors (Lipinski definition) is 6. The first-order valence-electron chi connectivity index (χ1n) is 10.2. The summed E-state index contributed by atoms with van der Waals surface area (Å²) in [7, 11) is 1.59. The van der Waals surface area contributed by atoms with E-state index < -0.39 is 17.6 Å². The lowest BCUT2D eigenvalue weighted by Gasteiger charge is -2.38. The van der Waals surface area contributed by atoms with Crippen LogP contribution in [0.15, 0.2) is 30.3 Å². The normalized spacial score (nSPS) is 22.0. The Bertz CT molecular complexity index is 1090. The molecule has 2 aromatic carbocycles. The van der Waals surface area contributed by atoms with E-state index in [0.717, 1.165) is 15.6 Å². The number of hydrogen-bond donors (Lipinski definition) is 0. The van der Waals surface area contributed by atoms with Crippen molar-refractivity contribution < 1.29 is 28.5 Å². The number of Topliss-reactive ketones (excluding diaryl/α,β-unsaturated/α-hetero) is 1. The van der Waals surface area contributed by atoms with Crippen LogP contribution < -0.4 is 23.7 Å². The topological polar surface area (TPSA) is 63.2 Å². The van der Waals surface area contributed by atoms with Crippen LogP contribution in [0.3, 0.4) is 0 Å². The van der Waals surface area contributed by atoms with Crippen LogP contribution in [-0.2, 0) is 0 Å². The summed E-state index contributed by atoms with van der Waals surface area (Å²) in [6.07, 6.45) is 3.53. The van der Waals surface area contributed by atoms with Crippen molar-refractivity contribution in [3.63, 3.8) is 0 Å². The van der Waals surface area contributed by atoms with Crippen molar-refractivity contribution in [3.8, 4) is 28.7 Å². The molecule has 0 radical (unpaired) electrons. The molecule has 3 heterocycles. The van der Waals surface area contributed by atoms with Gasteiger partial charge in [0, 0.05) is 16.1 Å². The van der Waals surface area contributed by atoms with E-state index in [1.54, 1.807) is 19.2 Å². The molecule has 2 atom stereocenters. The SMILES string of the molecule is COc1cc2c(cc1OCCI)[C@@H]1C(=O)c3ccc4c(c3O[C@@H]1CO2)C=CC(C)(C)O4. The minimum Gasteiger partial charge on any atom is -0.493 e. The van der Waals surface area contributed by atoms with Crippen LogP contribution in [0.1, 0.15) is 41.3 Å². The fourth-order valence-corrected chi connectivity index (χ4v) is 4.52. The summed E-state index contributed by atoms with van der Waals surface area (Å²) in [5, 5.41) is 0. The lowest BCUT2D eigenvalue weighted by Crippen LogP contribution is -2.43. The van der Waals surface area contributed by atoms with E-state index in [9.17, 15) is 4.79 Å². The zero-order valence-electron chi connectivity index (χ0n) is 17.6. The zero-order valence-corrected chi connectivity index (χ0v) is 19.7. The molecule has 0 unspecified atom stereocenters. The van der Waals surface area contributed by atoms with Gasteiger partial charge >= 0.3 is 0 Å². The molecule has 0 aliphatic carbocycles. The molecule has 0 amide bonds. The molecular weight excluding hydrogens is 511 g/mol. The monoisotopic (exact) mass is 534 g/mol. The smallest absolute Gasteiger partial charge is 0.178 e. The minimum atomic E-state index is -0.466. The summed E-state index contributed by atoms with van der Waals surface area (Å²) in [5.41, 5.74) is 1.73. The van der Waals surface area contributed by atoms with E-state index in [-0.39, 0.29) is 12.4 Å². The number of methoxy groups -OCH3 is 1. The van der Waals surface area contributed by atoms with Gasteiger partial charge in [0.15, 0.2) is 17.3 Å². The van der Waals surface area contributed by atoms with Crippen LogP contribution in [0.25, 0.3) is 6.08 Å². The van der Waals surface area contributed by atoms with Crippen LogP contribution in [0, 0.1) is 0 Å². The third-order valence-electron chi connectivity index (χ3n) is 5.74. The van der Waals surface area contributed by atoms with Crippen molar-refractivity contribution in [2.75, 3.05) is 24.8 Å². The fourth-order valence-electron chi connectivity index (χ4n) is 4.30. The second-order valence-electron chi connectivity index (χ2n) is 8.28. The van der Waals surface area contributed by atoms with Gasteiger partial charge in [0.1, 0.15) is 35.6 Å². The molecule has 162 valence electrons. The average molecular weight is 534 g/mol. The number of fused-ring (bicyclic) bond motifs is 6. The molecule has 0 bridgehead atoms. The van der Waals surface area contributed by atoms with E-state index in [0.29, 0.717) is 40.9 Å². The molecule has 7 heteroatoms. The Morgan fingerprint density at radius 3 is 2.81 bits per heavy atom. The first kappa shape index (κ1) is 20.5. The standard InChI is InChI=1S/C24H23IO6/c1-24(2)7-6-13-16(31-24)5-4-14-22(26)21-15-10-19(28-9-8-25)18(27-3)11-17(15)29-12-20(21)30-23(13)14/h4-7,10-11,20-21H,8-9,12H2,1-3H3/t20-,21+/m1/s1. The van der Waals surface area contributed by atoms with E-state index >= 15 is 0 Å². The predicted octanol–water partition coefficient (Wildman–Crippen LogP) is 4.81. The summed E-state index contributed by atoms with van der Waals surface area (Å²) in [5.74, 6) is 2.65. The van der Waals surface area contributed by atoms with Gasteiger partial charge in [-0.15, -0.1) is 0 Å². The summed E-state index contributed by atoms with van der Waals surface area (Å²) in [4.78, 5) is 13.6. The molecule has 3 aliphatic heterocycles. The summed E-state index contributed by atoms with van der Waals surface area (Å²) >= 11 is 2.25. The van der Waals surface area contributed by atoms with Crippen molar-refractivity contribution in [1.82, 2.24) is 0 Å². The number of ether oxygens (including phenoxy) is 5. The molecule has 3 aliphatic rings. The highest BCUT2D eigenvalue weighted by Crippen LogP contribution is 2.49. The van der Waals surface area contributed by atoms with E-state index in [1.807, 2.05) is 38.1 Å². The molecule has 6 nitrogen and oxygen atoms in total. The molecule has 0 saturated heterocycles. The molecule has 5 rings (SSSR count). The van der Waals surface area contributed by atoms with Gasteiger partial charge in [-0.05, 0) is 44.2 Å². The zero-order chi connectivity index (χ0) is 21.8. The van der Waals surface area contributed by atoms with Gasteiger partial charge in [-0.2, -0.15) is 0 Å². The molecule has 2 aromatic rings. The highest BCUT2D eigenvalue weighted by atomic mass is 127. The van der Waals surface area contributed by atoms with Crippen molar-refractivity contribution in [2.24, 2.45) is 0 Å². The van der Waals surface area contributed by atoms with Gasteiger partial charge in [0.05, 0.1) is 30.8 Å². The second-order valence-corrected chi connectivity index (χ2v) is 9.36. The Hall–Kier alpha value is -2.42. The largest absolute Gasteiger partial charge is 0.493 e. The first-order valence-corrected chi connectivity index (χ1v) is 11.7. The van der Waals surface area contributed by atoms with E-state index in [4.69, 9.17) is 23.7 Å². The van der Waals surface area contributed by atoms with Gasteiger partial charge in [-0.25, -0.2) is 0 Å². The van der Waals surface area contributed by atoms with Crippen molar-refractivity contribution in [2.45, 2.75) is 31.5 Å². The quantitative estimate of drug-likeness (QED) is 0.415. The number of ketones is 1. The molecular formula is C24H23IO6. The second kappa shape index (κ2) is 7.62. The summed E-state index contributed by atoms with van der Waals surface area (Å²) < 4.78 is 30.5. The van der Waals surface area contributed by atoms with Crippen LogP contribution in [0.5, 0.6) is 28.7 Å². The van der Waals surface area contributed by atoms with Crippen LogP contribution in [0.2, 0.25) is 0 Å². The van der Waals surface area contributed by atoms with Crippen LogP contribution >= 0.6 is 22.6 Å². The predicted molar refractivity (Wildman–Crippen MR) is 125 cm³/mol. The highest BCUT2D eigenvalue weighted by Gasteiger charge is 2.45. The molecule has 0 N–H and O–H groups in total. The summed E-state index contributed by atoms with van der Waals surface area (Å²) in [6, 6.07) is 7.30. The Morgan fingerprint density at radius 1 is 1.19 bits per heavy atom. The van der Waals surface area contributed by atoms with Crippen molar-refractivity contribution in [1.29, 1.82) is 0 Å². The number of carbonyl (C=O) groups is 1. The molecule has 31 heavy (non-hydrogen) atoms. The molecule has 0 aromatic heterocycles. The number of alkyl halides is 1. The number of carbonyl (C=O) groups excluding carboxylic acids is 1. The van der Waals surface area contributed by atoms with Gasteiger partial charge < -0.3 is 23.7 Å². The fraction of sp³-hybridized carbons (Fsp3) is 0.375. The Morgan fingerprint density at radius 2 is 2.03 bits per heavy atom. The number of benzene rings is 2. The molecule has 0 saturated carbocycles. The van der Waals surface area contributed by atoms with Gasteiger partial charge in [0.2, 0.25) is 0 Å². The number of halogens is 1. The van der Waals surface area contributed by atoms with Gasteiger partial charge in [-0.1, -0.05) is 22.6 Å². The average Bonchev–Trinajstić information content (AvgIpc) is 2.75. The van der Waals surface area contributed by atoms with Crippen molar-refractivity contribution >= 4 is 34.5 Å². The van der Waals surface area contributed by atoms with E-state index in [2.05, 4.69) is 22.6 Å². The molecule has 0 spiro atoms. The first-order chi connectivity index (χ1) is 14.9. The molecule has 0 fully saturated rings. The maximum Gasteiger partial charge on any atom is 0.178 e. The van der Waals surface area contributed by atoms with Crippen molar-refractivity contribution in [3.05, 3.63) is 47.0 Å².